The van der Waals surface area contributed by atoms with Crippen LogP contribution in [-0.2, 0) is 4.74 Å². The highest BCUT2D eigenvalue weighted by Gasteiger charge is 2.03. The third-order valence-corrected chi connectivity index (χ3v) is 4.27. The van der Waals surface area contributed by atoms with Crippen LogP contribution in [0.15, 0.2) is 72.8 Å². The number of benzene rings is 3. The number of carbonyl (C=O) groups excluding carboxylic acids is 1. The number of hydrogen-bond donors (Lipinski definition) is 0. The molecular formula is C25H19NO2. The Morgan fingerprint density at radius 1 is 0.786 bits per heavy atom. The van der Waals surface area contributed by atoms with Gasteiger partial charge in [-0.05, 0) is 40.5 Å². The predicted molar refractivity (Wildman–Crippen MR) is 113 cm³/mol. The highest BCUT2D eigenvalue weighted by molar-refractivity contribution is 5.89. The Kier molecular flexibility index (Phi) is 6.17. The Labute approximate surface area is 164 Å². The second-order valence-electron chi connectivity index (χ2n) is 6.15. The maximum atomic E-state index is 11.5. The minimum atomic E-state index is -0.337. The first-order valence-corrected chi connectivity index (χ1v) is 8.83. The molecule has 0 radical (unpaired) electrons. The fraction of sp³-hybridized carbons (Fsp3) is 0.0400. The van der Waals surface area contributed by atoms with Crippen molar-refractivity contribution in [2.75, 3.05) is 7.11 Å². The van der Waals surface area contributed by atoms with Crippen molar-refractivity contribution in [1.82, 2.24) is 0 Å². The van der Waals surface area contributed by atoms with E-state index in [0.29, 0.717) is 11.1 Å². The number of ether oxygens (including phenoxy) is 1. The number of hydrogen-bond acceptors (Lipinski definition) is 3. The van der Waals surface area contributed by atoms with Crippen LogP contribution < -0.4 is 0 Å². The zero-order valence-electron chi connectivity index (χ0n) is 15.5. The van der Waals surface area contributed by atoms with Crippen molar-refractivity contribution >= 4 is 30.3 Å². The lowest BCUT2D eigenvalue weighted by Crippen LogP contribution is -2.00. The molecule has 0 bridgehead atoms. The van der Waals surface area contributed by atoms with Gasteiger partial charge < -0.3 is 4.74 Å². The monoisotopic (exact) mass is 365 g/mol. The van der Waals surface area contributed by atoms with Crippen LogP contribution in [0.1, 0.15) is 38.2 Å². The number of nitrogens with zero attached hydrogens (tertiary/aromatic N) is 1. The Morgan fingerprint density at radius 3 is 1.82 bits per heavy atom. The quantitative estimate of drug-likeness (QED) is 0.431. The van der Waals surface area contributed by atoms with Crippen LogP contribution >= 0.6 is 0 Å². The molecule has 3 aromatic rings. The molecule has 0 fully saturated rings. The van der Waals surface area contributed by atoms with Crippen LogP contribution in [-0.4, -0.2) is 13.1 Å². The number of methoxy groups -OCH3 is 1. The second-order valence-corrected chi connectivity index (χ2v) is 6.15. The van der Waals surface area contributed by atoms with E-state index in [2.05, 4.69) is 6.07 Å². The van der Waals surface area contributed by atoms with Gasteiger partial charge in [-0.25, -0.2) is 4.79 Å². The van der Waals surface area contributed by atoms with E-state index in [0.717, 1.165) is 22.3 Å². The van der Waals surface area contributed by atoms with Crippen LogP contribution in [0.2, 0.25) is 0 Å². The van der Waals surface area contributed by atoms with Gasteiger partial charge in [-0.1, -0.05) is 78.9 Å². The summed E-state index contributed by atoms with van der Waals surface area (Å²) in [5.41, 5.74) is 5.25. The zero-order valence-corrected chi connectivity index (χ0v) is 15.5. The molecule has 136 valence electrons. The first kappa shape index (κ1) is 18.9. The van der Waals surface area contributed by atoms with Gasteiger partial charge in [0, 0.05) is 0 Å². The Balaban J connectivity index is 1.67. The molecule has 28 heavy (non-hydrogen) atoms. The molecule has 0 atom stereocenters. The average molecular weight is 365 g/mol. The standard InChI is InChI=1S/C25H19NO2/c1-28-25(27)23-16-13-21(14-17-23)11-8-19-6-9-20(10-7-19)12-15-22-4-2-3-5-24(22)18-26/h2-17H,1H3. The molecule has 0 heterocycles. The van der Waals surface area contributed by atoms with Gasteiger partial charge in [-0.2, -0.15) is 5.26 Å². The van der Waals surface area contributed by atoms with E-state index in [1.54, 1.807) is 12.1 Å². The summed E-state index contributed by atoms with van der Waals surface area (Å²) in [6.07, 6.45) is 7.96. The SMILES string of the molecule is COC(=O)c1ccc(C=Cc2ccc(C=Cc3ccccc3C#N)cc2)cc1. The van der Waals surface area contributed by atoms with E-state index in [1.807, 2.05) is 85.0 Å². The molecule has 3 aromatic carbocycles. The molecule has 0 unspecified atom stereocenters. The molecule has 0 amide bonds. The molecule has 0 aliphatic carbocycles. The topological polar surface area (TPSA) is 50.1 Å². The highest BCUT2D eigenvalue weighted by Crippen LogP contribution is 2.15. The van der Waals surface area contributed by atoms with Gasteiger partial charge in [-0.15, -0.1) is 0 Å². The largest absolute Gasteiger partial charge is 0.465 e. The summed E-state index contributed by atoms with van der Waals surface area (Å²) in [4.78, 5) is 11.5. The number of carbonyl (C=O) groups is 1. The molecule has 0 aliphatic rings. The van der Waals surface area contributed by atoms with Gasteiger partial charge in [0.25, 0.3) is 0 Å². The van der Waals surface area contributed by atoms with Gasteiger partial charge in [0.2, 0.25) is 0 Å². The van der Waals surface area contributed by atoms with Crippen molar-refractivity contribution in [2.45, 2.75) is 0 Å². The van der Waals surface area contributed by atoms with Crippen LogP contribution in [0, 0.1) is 11.3 Å². The lowest BCUT2D eigenvalue weighted by Gasteiger charge is -2.00. The molecular weight excluding hydrogens is 346 g/mol. The van der Waals surface area contributed by atoms with E-state index in [9.17, 15) is 4.79 Å². The highest BCUT2D eigenvalue weighted by atomic mass is 16.5. The number of nitriles is 1. The molecule has 3 heteroatoms. The molecule has 0 spiro atoms. The van der Waals surface area contributed by atoms with E-state index in [-0.39, 0.29) is 5.97 Å². The van der Waals surface area contributed by atoms with E-state index in [4.69, 9.17) is 10.00 Å². The van der Waals surface area contributed by atoms with Gasteiger partial charge >= 0.3 is 5.97 Å². The molecule has 0 saturated heterocycles. The van der Waals surface area contributed by atoms with E-state index < -0.39 is 0 Å². The molecule has 3 nitrogen and oxygen atoms in total. The van der Waals surface area contributed by atoms with E-state index in [1.165, 1.54) is 7.11 Å². The van der Waals surface area contributed by atoms with Gasteiger partial charge in [0.05, 0.1) is 24.3 Å². The summed E-state index contributed by atoms with van der Waals surface area (Å²) in [5.74, 6) is -0.337. The van der Waals surface area contributed by atoms with Crippen LogP contribution in [0.25, 0.3) is 24.3 Å². The minimum absolute atomic E-state index is 0.337. The summed E-state index contributed by atoms with van der Waals surface area (Å²) in [6.45, 7) is 0. The maximum Gasteiger partial charge on any atom is 0.337 e. The molecule has 0 aromatic heterocycles. The Hall–Kier alpha value is -3.90. The fourth-order valence-electron chi connectivity index (χ4n) is 2.69. The van der Waals surface area contributed by atoms with Crippen molar-refractivity contribution < 1.29 is 9.53 Å². The van der Waals surface area contributed by atoms with Gasteiger partial charge in [0.1, 0.15) is 0 Å². The fourth-order valence-corrected chi connectivity index (χ4v) is 2.69. The van der Waals surface area contributed by atoms with Crippen molar-refractivity contribution in [1.29, 1.82) is 5.26 Å². The summed E-state index contributed by atoms with van der Waals surface area (Å²) < 4.78 is 4.70. The maximum absolute atomic E-state index is 11.5. The van der Waals surface area contributed by atoms with Crippen molar-refractivity contribution in [3.63, 3.8) is 0 Å². The first-order valence-electron chi connectivity index (χ1n) is 8.83. The van der Waals surface area contributed by atoms with Crippen LogP contribution in [0.4, 0.5) is 0 Å². The second kappa shape index (κ2) is 9.16. The first-order chi connectivity index (χ1) is 13.7. The summed E-state index contributed by atoms with van der Waals surface area (Å²) in [5, 5.41) is 9.15. The Bertz CT molecular complexity index is 1050. The molecule has 0 N–H and O–H groups in total. The summed E-state index contributed by atoms with van der Waals surface area (Å²) in [6, 6.07) is 25.1. The smallest absolute Gasteiger partial charge is 0.337 e. The molecule has 0 saturated carbocycles. The third-order valence-electron chi connectivity index (χ3n) is 4.27. The van der Waals surface area contributed by atoms with E-state index >= 15 is 0 Å². The third kappa shape index (κ3) is 4.84. The van der Waals surface area contributed by atoms with Crippen LogP contribution in [0.5, 0.6) is 0 Å². The van der Waals surface area contributed by atoms with Crippen molar-refractivity contribution in [3.8, 4) is 6.07 Å². The summed E-state index contributed by atoms with van der Waals surface area (Å²) in [7, 11) is 1.37. The van der Waals surface area contributed by atoms with Gasteiger partial charge in [0.15, 0.2) is 0 Å². The Morgan fingerprint density at radius 2 is 1.29 bits per heavy atom. The molecule has 3 rings (SSSR count). The zero-order chi connectivity index (χ0) is 19.8. The number of rotatable bonds is 5. The average Bonchev–Trinajstić information content (AvgIpc) is 2.77. The molecule has 0 aliphatic heterocycles. The van der Waals surface area contributed by atoms with Gasteiger partial charge in [-0.3, -0.25) is 0 Å². The normalized spacial score (nSPS) is 10.9. The lowest BCUT2D eigenvalue weighted by atomic mass is 10.1. The minimum Gasteiger partial charge on any atom is -0.465 e. The lowest BCUT2D eigenvalue weighted by molar-refractivity contribution is 0.0600. The van der Waals surface area contributed by atoms with Crippen molar-refractivity contribution in [2.24, 2.45) is 0 Å². The van der Waals surface area contributed by atoms with Crippen LogP contribution in [0.3, 0.4) is 0 Å². The van der Waals surface area contributed by atoms with Crippen molar-refractivity contribution in [3.05, 3.63) is 106 Å². The summed E-state index contributed by atoms with van der Waals surface area (Å²) >= 11 is 0. The predicted octanol–water partition coefficient (Wildman–Crippen LogP) is 5.69. The number of esters is 1.